The van der Waals surface area contributed by atoms with Gasteiger partial charge in [0.2, 0.25) is 11.8 Å². The second kappa shape index (κ2) is 14.6. The van der Waals surface area contributed by atoms with Gasteiger partial charge in [-0.15, -0.1) is 0 Å². The molecule has 0 bridgehead atoms. The SMILES string of the molecule is CCCCN(CCCCN(C)C)C(=O)CN1C[C@H](c2ccc3c(c2)CCO3)C(C(=O)O)[C@@H]1CCN1C(=O)Cc2ccccc21. The Balaban J connectivity index is 1.38. The number of fused-ring (bicyclic) bond motifs is 2. The van der Waals surface area contributed by atoms with E-state index < -0.39 is 11.9 Å². The Hall–Kier alpha value is -3.43. The molecule has 0 spiro atoms. The number of para-hydroxylation sites is 1. The lowest BCUT2D eigenvalue weighted by atomic mass is 9.83. The molecule has 44 heavy (non-hydrogen) atoms. The van der Waals surface area contributed by atoms with E-state index in [0.29, 0.717) is 45.6 Å². The zero-order chi connectivity index (χ0) is 31.2. The molecule has 3 atom stereocenters. The highest BCUT2D eigenvalue weighted by Gasteiger charge is 2.47. The molecular formula is C35H48N4O5. The Morgan fingerprint density at radius 3 is 2.57 bits per heavy atom. The van der Waals surface area contributed by atoms with Gasteiger partial charge < -0.3 is 24.5 Å². The van der Waals surface area contributed by atoms with Crippen LogP contribution in [-0.2, 0) is 27.2 Å². The van der Waals surface area contributed by atoms with E-state index >= 15 is 0 Å². The summed E-state index contributed by atoms with van der Waals surface area (Å²) < 4.78 is 5.71. The van der Waals surface area contributed by atoms with Gasteiger partial charge in [-0.1, -0.05) is 43.7 Å². The molecule has 3 aliphatic rings. The van der Waals surface area contributed by atoms with Crippen LogP contribution in [0.5, 0.6) is 5.75 Å². The lowest BCUT2D eigenvalue weighted by Gasteiger charge is -2.31. The van der Waals surface area contributed by atoms with Crippen molar-refractivity contribution in [3.8, 4) is 5.75 Å². The molecule has 0 saturated carbocycles. The number of carbonyl (C=O) groups is 3. The highest BCUT2D eigenvalue weighted by atomic mass is 16.5. The number of benzene rings is 2. The van der Waals surface area contributed by atoms with Crippen molar-refractivity contribution in [1.29, 1.82) is 0 Å². The van der Waals surface area contributed by atoms with E-state index in [9.17, 15) is 19.5 Å². The van der Waals surface area contributed by atoms with Crippen molar-refractivity contribution >= 4 is 23.5 Å². The van der Waals surface area contributed by atoms with E-state index in [1.54, 1.807) is 4.90 Å². The standard InChI is InChI=1S/C35H48N4O5/c1-4-5-17-37(18-9-8-16-36(2)3)33(41)24-38-23-28(25-12-13-31-27(21-25)15-20-44-31)34(35(42)43)30(38)14-19-39-29-11-7-6-10-26(29)22-32(39)40/h6-7,10-13,21,28,30,34H,4-5,8-9,14-20,22-24H2,1-3H3,(H,42,43)/t28-,30+,34?/m1/s1. The van der Waals surface area contributed by atoms with Crippen molar-refractivity contribution in [2.45, 2.75) is 63.8 Å². The minimum atomic E-state index is -0.855. The number of unbranched alkanes of at least 4 members (excludes halogenated alkanes) is 2. The number of carboxylic acids is 1. The van der Waals surface area contributed by atoms with Crippen LogP contribution >= 0.6 is 0 Å². The van der Waals surface area contributed by atoms with E-state index in [1.165, 1.54) is 0 Å². The molecule has 2 aromatic rings. The number of ether oxygens (including phenoxy) is 1. The number of nitrogens with zero attached hydrogens (tertiary/aromatic N) is 4. The van der Waals surface area contributed by atoms with Gasteiger partial charge in [0.05, 0.1) is 25.5 Å². The molecule has 2 aromatic carbocycles. The zero-order valence-electron chi connectivity index (χ0n) is 26.5. The van der Waals surface area contributed by atoms with Gasteiger partial charge in [0.15, 0.2) is 0 Å². The molecule has 0 aromatic heterocycles. The van der Waals surface area contributed by atoms with Crippen LogP contribution in [0, 0.1) is 5.92 Å². The quantitative estimate of drug-likeness (QED) is 0.307. The first-order chi connectivity index (χ1) is 21.3. The summed E-state index contributed by atoms with van der Waals surface area (Å²) in [7, 11) is 4.12. The fourth-order valence-corrected chi connectivity index (χ4v) is 7.16. The first-order valence-electron chi connectivity index (χ1n) is 16.3. The average molecular weight is 605 g/mol. The molecule has 1 saturated heterocycles. The number of aliphatic carboxylic acids is 1. The van der Waals surface area contributed by atoms with Gasteiger partial charge in [-0.05, 0) is 75.1 Å². The highest BCUT2D eigenvalue weighted by molar-refractivity contribution is 6.01. The van der Waals surface area contributed by atoms with Crippen molar-refractivity contribution in [1.82, 2.24) is 14.7 Å². The van der Waals surface area contributed by atoms with Crippen molar-refractivity contribution in [2.24, 2.45) is 5.92 Å². The maximum absolute atomic E-state index is 13.9. The van der Waals surface area contributed by atoms with Crippen LogP contribution in [-0.4, -0.2) is 104 Å². The second-order valence-corrected chi connectivity index (χ2v) is 12.8. The summed E-state index contributed by atoms with van der Waals surface area (Å²) in [6.45, 7) is 6.27. The molecule has 3 aliphatic heterocycles. The van der Waals surface area contributed by atoms with E-state index in [-0.39, 0.29) is 30.3 Å². The highest BCUT2D eigenvalue weighted by Crippen LogP contribution is 2.41. The minimum absolute atomic E-state index is 0.0392. The van der Waals surface area contributed by atoms with Crippen LogP contribution < -0.4 is 9.64 Å². The summed E-state index contributed by atoms with van der Waals surface area (Å²) in [4.78, 5) is 47.9. The van der Waals surface area contributed by atoms with E-state index in [1.807, 2.05) is 41.3 Å². The van der Waals surface area contributed by atoms with Gasteiger partial charge in [0, 0.05) is 50.2 Å². The molecule has 0 radical (unpaired) electrons. The molecule has 9 nitrogen and oxygen atoms in total. The van der Waals surface area contributed by atoms with E-state index in [2.05, 4.69) is 36.9 Å². The third-order valence-electron chi connectivity index (χ3n) is 9.50. The molecule has 3 heterocycles. The lowest BCUT2D eigenvalue weighted by molar-refractivity contribution is -0.143. The predicted molar refractivity (Wildman–Crippen MR) is 171 cm³/mol. The number of amides is 2. The summed E-state index contributed by atoms with van der Waals surface area (Å²) >= 11 is 0. The molecule has 238 valence electrons. The monoisotopic (exact) mass is 604 g/mol. The Morgan fingerprint density at radius 1 is 1.02 bits per heavy atom. The van der Waals surface area contributed by atoms with Crippen LogP contribution in [0.3, 0.4) is 0 Å². The van der Waals surface area contributed by atoms with Crippen molar-refractivity contribution < 1.29 is 24.2 Å². The molecule has 9 heteroatoms. The summed E-state index contributed by atoms with van der Waals surface area (Å²) in [6, 6.07) is 13.5. The van der Waals surface area contributed by atoms with Gasteiger partial charge in [-0.2, -0.15) is 0 Å². The minimum Gasteiger partial charge on any atom is -0.493 e. The van der Waals surface area contributed by atoms with Crippen LogP contribution in [0.2, 0.25) is 0 Å². The predicted octanol–water partition coefficient (Wildman–Crippen LogP) is 4.04. The molecule has 1 fully saturated rings. The molecule has 2 amide bonds. The Bertz CT molecular complexity index is 1330. The summed E-state index contributed by atoms with van der Waals surface area (Å²) in [6.07, 6.45) is 5.56. The van der Waals surface area contributed by atoms with Crippen LogP contribution in [0.25, 0.3) is 0 Å². The number of carboxylic acid groups (broad SMARTS) is 1. The van der Waals surface area contributed by atoms with Gasteiger partial charge >= 0.3 is 5.97 Å². The maximum Gasteiger partial charge on any atom is 0.308 e. The fraction of sp³-hybridized carbons (Fsp3) is 0.571. The average Bonchev–Trinajstić information content (AvgIpc) is 3.70. The molecule has 1 N–H and O–H groups in total. The largest absolute Gasteiger partial charge is 0.493 e. The summed E-state index contributed by atoms with van der Waals surface area (Å²) in [5, 5.41) is 10.6. The normalized spacial score (nSPS) is 21.0. The fourth-order valence-electron chi connectivity index (χ4n) is 7.16. The smallest absolute Gasteiger partial charge is 0.308 e. The second-order valence-electron chi connectivity index (χ2n) is 12.8. The Kier molecular flexibility index (Phi) is 10.6. The number of hydrogen-bond acceptors (Lipinski definition) is 6. The van der Waals surface area contributed by atoms with Gasteiger partial charge in [0.1, 0.15) is 5.75 Å². The number of hydrogen-bond donors (Lipinski definition) is 1. The van der Waals surface area contributed by atoms with Crippen LogP contribution in [0.15, 0.2) is 42.5 Å². The number of likely N-dealkylation sites (tertiary alicyclic amines) is 1. The van der Waals surface area contributed by atoms with Gasteiger partial charge in [-0.3, -0.25) is 19.3 Å². The van der Waals surface area contributed by atoms with Gasteiger partial charge in [0.25, 0.3) is 0 Å². The summed E-state index contributed by atoms with van der Waals surface area (Å²) in [5.41, 5.74) is 4.00. The Labute approximate surface area is 261 Å². The van der Waals surface area contributed by atoms with Crippen molar-refractivity contribution in [3.05, 3.63) is 59.2 Å². The third kappa shape index (κ3) is 7.26. The molecule has 1 unspecified atom stereocenters. The number of carbonyl (C=O) groups excluding carboxylic acids is 2. The Morgan fingerprint density at radius 2 is 1.80 bits per heavy atom. The molecule has 0 aliphatic carbocycles. The topological polar surface area (TPSA) is 93.6 Å². The summed E-state index contributed by atoms with van der Waals surface area (Å²) in [5.74, 6) is -0.844. The van der Waals surface area contributed by atoms with Crippen molar-refractivity contribution in [3.63, 3.8) is 0 Å². The molecular weight excluding hydrogens is 556 g/mol. The number of rotatable bonds is 15. The maximum atomic E-state index is 13.9. The van der Waals surface area contributed by atoms with E-state index in [4.69, 9.17) is 4.74 Å². The first kappa shape index (κ1) is 32.0. The van der Waals surface area contributed by atoms with E-state index in [0.717, 1.165) is 66.8 Å². The lowest BCUT2D eigenvalue weighted by Crippen LogP contribution is -2.46. The first-order valence-corrected chi connectivity index (χ1v) is 16.3. The molecule has 5 rings (SSSR count). The van der Waals surface area contributed by atoms with Gasteiger partial charge in [-0.25, -0.2) is 0 Å². The van der Waals surface area contributed by atoms with Crippen LogP contribution in [0.1, 0.15) is 61.6 Å². The van der Waals surface area contributed by atoms with Crippen LogP contribution in [0.4, 0.5) is 5.69 Å². The van der Waals surface area contributed by atoms with Crippen molar-refractivity contribution in [2.75, 3.05) is 64.9 Å². The zero-order valence-corrected chi connectivity index (χ0v) is 26.5. The third-order valence-corrected chi connectivity index (χ3v) is 9.50. The number of anilines is 1.